The first-order valence-corrected chi connectivity index (χ1v) is 11.0. The van der Waals surface area contributed by atoms with E-state index in [1.54, 1.807) is 41.2 Å². The van der Waals surface area contributed by atoms with Crippen LogP contribution in [0.15, 0.2) is 97.2 Å². The van der Waals surface area contributed by atoms with E-state index in [4.69, 9.17) is 0 Å². The molecule has 4 aromatic rings. The number of carbonyl (C=O) groups is 2. The zero-order chi connectivity index (χ0) is 23.8. The fourth-order valence-corrected chi connectivity index (χ4v) is 3.46. The Morgan fingerprint density at radius 2 is 1.62 bits per heavy atom. The molecule has 1 unspecified atom stereocenters. The molecule has 0 radical (unpaired) electrons. The van der Waals surface area contributed by atoms with Gasteiger partial charge in [-0.2, -0.15) is 0 Å². The number of anilines is 1. The standard InChI is InChI=1S/C27H25N5O2/c1-20(22-12-6-3-7-13-22)28-27(34)24-14-8-9-15-25(24)29-26(33)17-16-23-19-32(31-30-23)18-21-10-4-2-5-11-21/h2-17,19-20H,18H2,1H3,(H,28,34)(H,29,33)/b17-16+. The Labute approximate surface area is 198 Å². The number of hydrogen-bond acceptors (Lipinski definition) is 4. The number of rotatable bonds is 8. The topological polar surface area (TPSA) is 88.9 Å². The Bertz CT molecular complexity index is 1280. The van der Waals surface area contributed by atoms with E-state index < -0.39 is 0 Å². The molecule has 1 atom stereocenters. The quantitative estimate of drug-likeness (QED) is 0.387. The fourth-order valence-electron chi connectivity index (χ4n) is 3.46. The summed E-state index contributed by atoms with van der Waals surface area (Å²) < 4.78 is 1.71. The lowest BCUT2D eigenvalue weighted by molar-refractivity contribution is -0.111. The van der Waals surface area contributed by atoms with Gasteiger partial charge < -0.3 is 10.6 Å². The number of amides is 2. The lowest BCUT2D eigenvalue weighted by Gasteiger charge is -2.16. The Morgan fingerprint density at radius 1 is 0.941 bits per heavy atom. The van der Waals surface area contributed by atoms with Crippen molar-refractivity contribution in [3.8, 4) is 0 Å². The first kappa shape index (κ1) is 22.7. The first-order valence-electron chi connectivity index (χ1n) is 11.0. The van der Waals surface area contributed by atoms with Gasteiger partial charge >= 0.3 is 0 Å². The molecule has 0 saturated heterocycles. The molecule has 0 saturated carbocycles. The molecule has 0 spiro atoms. The molecular formula is C27H25N5O2. The van der Waals surface area contributed by atoms with Gasteiger partial charge in [-0.3, -0.25) is 9.59 Å². The van der Waals surface area contributed by atoms with Crippen molar-refractivity contribution in [2.75, 3.05) is 5.32 Å². The highest BCUT2D eigenvalue weighted by Crippen LogP contribution is 2.18. The van der Waals surface area contributed by atoms with Gasteiger partial charge in [0.2, 0.25) is 5.91 Å². The van der Waals surface area contributed by atoms with Crippen molar-refractivity contribution in [2.45, 2.75) is 19.5 Å². The van der Waals surface area contributed by atoms with Gasteiger partial charge in [0.1, 0.15) is 5.69 Å². The van der Waals surface area contributed by atoms with Crippen molar-refractivity contribution in [1.29, 1.82) is 0 Å². The number of aromatic nitrogens is 3. The summed E-state index contributed by atoms with van der Waals surface area (Å²) in [5.41, 5.74) is 3.50. The zero-order valence-electron chi connectivity index (χ0n) is 18.8. The van der Waals surface area contributed by atoms with Gasteiger partial charge in [-0.25, -0.2) is 4.68 Å². The number of nitrogens with one attached hydrogen (secondary N) is 2. The second-order valence-electron chi connectivity index (χ2n) is 7.80. The molecule has 0 fully saturated rings. The molecule has 0 aliphatic heterocycles. The normalized spacial score (nSPS) is 11.8. The molecular weight excluding hydrogens is 426 g/mol. The fraction of sp³-hybridized carbons (Fsp3) is 0.111. The van der Waals surface area contributed by atoms with Crippen molar-refractivity contribution >= 4 is 23.6 Å². The highest BCUT2D eigenvalue weighted by molar-refractivity contribution is 6.07. The molecule has 0 bridgehead atoms. The zero-order valence-corrected chi connectivity index (χ0v) is 18.8. The third kappa shape index (κ3) is 6.04. The molecule has 0 aliphatic carbocycles. The average molecular weight is 452 g/mol. The summed E-state index contributed by atoms with van der Waals surface area (Å²) in [6.45, 7) is 2.51. The van der Waals surface area contributed by atoms with Crippen LogP contribution in [0.4, 0.5) is 5.69 Å². The van der Waals surface area contributed by atoms with E-state index in [0.717, 1.165) is 11.1 Å². The maximum Gasteiger partial charge on any atom is 0.253 e. The van der Waals surface area contributed by atoms with Crippen LogP contribution in [0.2, 0.25) is 0 Å². The number of para-hydroxylation sites is 1. The van der Waals surface area contributed by atoms with Crippen LogP contribution in [0, 0.1) is 0 Å². The third-order valence-electron chi connectivity index (χ3n) is 5.23. The number of hydrogen-bond donors (Lipinski definition) is 2. The molecule has 7 heteroatoms. The van der Waals surface area contributed by atoms with Crippen LogP contribution in [-0.4, -0.2) is 26.8 Å². The summed E-state index contributed by atoms with van der Waals surface area (Å²) in [5.74, 6) is -0.631. The smallest absolute Gasteiger partial charge is 0.253 e. The summed E-state index contributed by atoms with van der Waals surface area (Å²) in [6.07, 6.45) is 4.73. The Kier molecular flexibility index (Phi) is 7.25. The Morgan fingerprint density at radius 3 is 2.38 bits per heavy atom. The molecule has 0 aliphatic rings. The molecule has 2 N–H and O–H groups in total. The molecule has 170 valence electrons. The predicted octanol–water partition coefficient (Wildman–Crippen LogP) is 4.47. The summed E-state index contributed by atoms with van der Waals surface area (Å²) in [5, 5.41) is 13.9. The minimum atomic E-state index is -0.367. The SMILES string of the molecule is CC(NC(=O)c1ccccc1NC(=O)/C=C/c1cn(Cc2ccccc2)nn1)c1ccccc1. The molecule has 3 aromatic carbocycles. The Balaban J connectivity index is 1.38. The third-order valence-corrected chi connectivity index (χ3v) is 5.23. The van der Waals surface area contributed by atoms with Crippen molar-refractivity contribution in [1.82, 2.24) is 20.3 Å². The minimum Gasteiger partial charge on any atom is -0.345 e. The molecule has 1 heterocycles. The second-order valence-corrected chi connectivity index (χ2v) is 7.80. The molecule has 4 rings (SSSR count). The van der Waals surface area contributed by atoms with E-state index >= 15 is 0 Å². The van der Waals surface area contributed by atoms with Crippen molar-refractivity contribution in [3.05, 3.63) is 120 Å². The van der Waals surface area contributed by atoms with Crippen molar-refractivity contribution < 1.29 is 9.59 Å². The highest BCUT2D eigenvalue weighted by atomic mass is 16.2. The lowest BCUT2D eigenvalue weighted by Crippen LogP contribution is -2.27. The monoisotopic (exact) mass is 451 g/mol. The maximum absolute atomic E-state index is 12.9. The minimum absolute atomic E-state index is 0.171. The van der Waals surface area contributed by atoms with Crippen molar-refractivity contribution in [3.63, 3.8) is 0 Å². The van der Waals surface area contributed by atoms with Gasteiger partial charge in [0.25, 0.3) is 5.91 Å². The molecule has 34 heavy (non-hydrogen) atoms. The van der Waals surface area contributed by atoms with Crippen LogP contribution in [0.5, 0.6) is 0 Å². The second kappa shape index (κ2) is 10.9. The number of carbonyl (C=O) groups excluding carboxylic acids is 2. The number of benzene rings is 3. The molecule has 1 aromatic heterocycles. The van der Waals surface area contributed by atoms with Gasteiger partial charge in [0.15, 0.2) is 0 Å². The maximum atomic E-state index is 12.9. The first-order chi connectivity index (χ1) is 16.6. The van der Waals surface area contributed by atoms with Gasteiger partial charge in [-0.05, 0) is 36.3 Å². The Hall–Kier alpha value is -4.52. The molecule has 2 amide bonds. The van der Waals surface area contributed by atoms with E-state index in [0.29, 0.717) is 23.5 Å². The lowest BCUT2D eigenvalue weighted by atomic mass is 10.1. The van der Waals surface area contributed by atoms with E-state index in [2.05, 4.69) is 20.9 Å². The van der Waals surface area contributed by atoms with Crippen LogP contribution < -0.4 is 10.6 Å². The largest absolute Gasteiger partial charge is 0.345 e. The average Bonchev–Trinajstić information content (AvgIpc) is 3.31. The van der Waals surface area contributed by atoms with Gasteiger partial charge in [0, 0.05) is 6.08 Å². The van der Waals surface area contributed by atoms with Crippen LogP contribution in [-0.2, 0) is 11.3 Å². The van der Waals surface area contributed by atoms with Crippen LogP contribution in [0.1, 0.15) is 40.1 Å². The van der Waals surface area contributed by atoms with E-state index in [9.17, 15) is 9.59 Å². The van der Waals surface area contributed by atoms with Gasteiger partial charge in [-0.1, -0.05) is 78.0 Å². The summed E-state index contributed by atoms with van der Waals surface area (Å²) in [4.78, 5) is 25.4. The molecule has 7 nitrogen and oxygen atoms in total. The van der Waals surface area contributed by atoms with E-state index in [1.165, 1.54) is 6.08 Å². The van der Waals surface area contributed by atoms with E-state index in [-0.39, 0.29) is 17.9 Å². The highest BCUT2D eigenvalue weighted by Gasteiger charge is 2.15. The summed E-state index contributed by atoms with van der Waals surface area (Å²) >= 11 is 0. The van der Waals surface area contributed by atoms with Gasteiger partial charge in [0.05, 0.1) is 30.0 Å². The number of nitrogens with zero attached hydrogens (tertiary/aromatic N) is 3. The summed E-state index contributed by atoms with van der Waals surface area (Å²) in [7, 11) is 0. The van der Waals surface area contributed by atoms with Crippen LogP contribution in [0.3, 0.4) is 0 Å². The van der Waals surface area contributed by atoms with Gasteiger partial charge in [-0.15, -0.1) is 5.10 Å². The summed E-state index contributed by atoms with van der Waals surface area (Å²) in [6, 6.07) is 26.4. The van der Waals surface area contributed by atoms with E-state index in [1.807, 2.05) is 67.6 Å². The predicted molar refractivity (Wildman–Crippen MR) is 132 cm³/mol. The van der Waals surface area contributed by atoms with Crippen molar-refractivity contribution in [2.24, 2.45) is 0 Å². The van der Waals surface area contributed by atoms with Crippen LogP contribution >= 0.6 is 0 Å². The van der Waals surface area contributed by atoms with Crippen LogP contribution in [0.25, 0.3) is 6.08 Å².